The fraction of sp³-hybridized carbons (Fsp3) is 0.143. The Labute approximate surface area is 220 Å². The molecule has 0 aliphatic rings. The fourth-order valence-electron chi connectivity index (χ4n) is 4.48. The van der Waals surface area contributed by atoms with Gasteiger partial charge in [-0.3, -0.25) is 9.39 Å². The van der Waals surface area contributed by atoms with Crippen LogP contribution in [0.5, 0.6) is 0 Å². The Morgan fingerprint density at radius 1 is 1.08 bits per heavy atom. The molecule has 180 valence electrons. The van der Waals surface area contributed by atoms with E-state index in [9.17, 15) is 0 Å². The van der Waals surface area contributed by atoms with Gasteiger partial charge >= 0.3 is 0 Å². The number of halogens is 1. The first-order valence-electron chi connectivity index (χ1n) is 11.4. The van der Waals surface area contributed by atoms with Crippen molar-refractivity contribution in [3.05, 3.63) is 106 Å². The number of rotatable bonds is 5. The van der Waals surface area contributed by atoms with Crippen LogP contribution in [0.2, 0.25) is 5.02 Å². The summed E-state index contributed by atoms with van der Waals surface area (Å²) < 4.78 is 1.89. The Morgan fingerprint density at radius 2 is 1.83 bits per heavy atom. The number of likely N-dealkylation sites (N-methyl/N-ethyl adjacent to an activating group) is 1. The predicted molar refractivity (Wildman–Crippen MR) is 151 cm³/mol. The quantitative estimate of drug-likeness (QED) is 0.168. The van der Waals surface area contributed by atoms with Gasteiger partial charge < -0.3 is 4.90 Å². The van der Waals surface area contributed by atoms with Crippen LogP contribution in [0.1, 0.15) is 22.6 Å². The topological polar surface area (TPSA) is 58.7 Å². The normalized spacial score (nSPS) is 12.8. The molecule has 36 heavy (non-hydrogen) atoms. The third-order valence-electron chi connectivity index (χ3n) is 6.34. The summed E-state index contributed by atoms with van der Waals surface area (Å²) in [7, 11) is 3.73. The van der Waals surface area contributed by atoms with E-state index in [0.717, 1.165) is 39.1 Å². The average molecular weight is 513 g/mol. The third-order valence-corrected chi connectivity index (χ3v) is 6.87. The van der Waals surface area contributed by atoms with Crippen molar-refractivity contribution in [3.8, 4) is 11.3 Å². The van der Waals surface area contributed by atoms with E-state index in [-0.39, 0.29) is 5.92 Å². The van der Waals surface area contributed by atoms with Crippen LogP contribution in [-0.2, 0) is 0 Å². The van der Waals surface area contributed by atoms with Crippen LogP contribution in [0.15, 0.2) is 89.7 Å². The van der Waals surface area contributed by atoms with Crippen LogP contribution in [0, 0.1) is 6.92 Å². The highest BCUT2D eigenvalue weighted by atomic mass is 35.5. The molecule has 0 spiro atoms. The molecule has 1 unspecified atom stereocenters. The Kier molecular flexibility index (Phi) is 6.51. The number of nitrogens with zero attached hydrogens (tertiary/aromatic N) is 6. The van der Waals surface area contributed by atoms with Gasteiger partial charge in [-0.1, -0.05) is 66.2 Å². The van der Waals surface area contributed by atoms with Gasteiger partial charge in [0.2, 0.25) is 0 Å². The lowest BCUT2D eigenvalue weighted by Gasteiger charge is -2.28. The maximum Gasteiger partial charge on any atom is 0.255 e. The third kappa shape index (κ3) is 4.36. The molecule has 0 aliphatic carbocycles. The molecule has 0 N–H and O–H groups in total. The molecular weight excluding hydrogens is 488 g/mol. The maximum atomic E-state index is 6.34. The number of aryl methyl sites for hydroxylation is 1. The second-order valence-corrected chi connectivity index (χ2v) is 9.60. The zero-order valence-corrected chi connectivity index (χ0v) is 21.9. The van der Waals surface area contributed by atoms with Gasteiger partial charge in [0.15, 0.2) is 0 Å². The number of hydrogen-bond donors (Lipinski definition) is 1. The number of aromatic nitrogens is 4. The molecule has 2 heterocycles. The second kappa shape index (κ2) is 9.76. The molecule has 0 amide bonds. The van der Waals surface area contributed by atoms with Gasteiger partial charge in [0.25, 0.3) is 5.78 Å². The minimum atomic E-state index is -0.155. The van der Waals surface area contributed by atoms with Gasteiger partial charge in [0, 0.05) is 30.1 Å². The van der Waals surface area contributed by atoms with E-state index >= 15 is 0 Å². The average Bonchev–Trinajstić information content (AvgIpc) is 3.36. The molecule has 0 fully saturated rings. The number of thiol groups is 1. The van der Waals surface area contributed by atoms with Crippen LogP contribution in [0.4, 0.5) is 0 Å². The Hall–Kier alpha value is -3.68. The predicted octanol–water partition coefficient (Wildman–Crippen LogP) is 6.40. The number of aliphatic imine (C=N–C) groups is 1. The zero-order valence-electron chi connectivity index (χ0n) is 20.2. The van der Waals surface area contributed by atoms with Crippen LogP contribution in [-0.4, -0.2) is 44.4 Å². The highest BCUT2D eigenvalue weighted by Crippen LogP contribution is 2.35. The van der Waals surface area contributed by atoms with Crippen molar-refractivity contribution in [2.24, 2.45) is 4.99 Å². The molecule has 0 radical (unpaired) electrons. The van der Waals surface area contributed by atoms with Crippen molar-refractivity contribution in [2.75, 3.05) is 14.1 Å². The van der Waals surface area contributed by atoms with Crippen LogP contribution >= 0.6 is 24.2 Å². The van der Waals surface area contributed by atoms with Crippen molar-refractivity contribution in [3.63, 3.8) is 0 Å². The standard InChI is InChI=1S/C28H25ClN6S/c1-17-8-10-19(11-9-17)25(27(30-3)34(4)18(2)36)20-12-13-24-23(15-20)26(21-6-5-7-22(29)14-21)32-28-33-31-16-35(24)28/h5-16,25,36H,2H2,1,3-4H3. The van der Waals surface area contributed by atoms with Gasteiger partial charge in [-0.15, -0.1) is 22.8 Å². The van der Waals surface area contributed by atoms with Crippen LogP contribution in [0.25, 0.3) is 27.9 Å². The van der Waals surface area contributed by atoms with Crippen molar-refractivity contribution >= 4 is 46.7 Å². The number of fused-ring (bicyclic) bond motifs is 3. The molecule has 3 aromatic carbocycles. The van der Waals surface area contributed by atoms with Crippen molar-refractivity contribution in [1.82, 2.24) is 24.5 Å². The highest BCUT2D eigenvalue weighted by molar-refractivity contribution is 7.84. The lowest BCUT2D eigenvalue weighted by atomic mass is 9.88. The summed E-state index contributed by atoms with van der Waals surface area (Å²) in [6.07, 6.45) is 1.68. The van der Waals surface area contributed by atoms with E-state index in [2.05, 4.69) is 83.8 Å². The summed E-state index contributed by atoms with van der Waals surface area (Å²) in [4.78, 5) is 11.4. The summed E-state index contributed by atoms with van der Waals surface area (Å²) >= 11 is 10.8. The fourth-order valence-corrected chi connectivity index (χ4v) is 4.77. The Balaban J connectivity index is 1.79. The molecule has 6 nitrogen and oxygen atoms in total. The van der Waals surface area contributed by atoms with E-state index in [1.165, 1.54) is 5.56 Å². The van der Waals surface area contributed by atoms with Gasteiger partial charge in [0.1, 0.15) is 12.2 Å². The van der Waals surface area contributed by atoms with Crippen LogP contribution in [0.3, 0.4) is 0 Å². The summed E-state index contributed by atoms with van der Waals surface area (Å²) in [6.45, 7) is 6.10. The molecule has 5 aromatic rings. The molecule has 5 rings (SSSR count). The Morgan fingerprint density at radius 3 is 2.53 bits per heavy atom. The summed E-state index contributed by atoms with van der Waals surface area (Å²) in [6, 6.07) is 22.6. The van der Waals surface area contributed by atoms with Gasteiger partial charge in [-0.2, -0.15) is 0 Å². The van der Waals surface area contributed by atoms with E-state index in [4.69, 9.17) is 16.6 Å². The van der Waals surface area contributed by atoms with Crippen molar-refractivity contribution in [1.29, 1.82) is 0 Å². The first kappa shape index (κ1) is 24.0. The molecule has 1 atom stereocenters. The van der Waals surface area contributed by atoms with Crippen molar-refractivity contribution in [2.45, 2.75) is 12.8 Å². The largest absolute Gasteiger partial charge is 0.328 e. The van der Waals surface area contributed by atoms with E-state index in [1.54, 1.807) is 13.4 Å². The zero-order chi connectivity index (χ0) is 25.4. The first-order valence-corrected chi connectivity index (χ1v) is 12.2. The highest BCUT2D eigenvalue weighted by Gasteiger charge is 2.25. The molecule has 0 saturated carbocycles. The summed E-state index contributed by atoms with van der Waals surface area (Å²) in [5.41, 5.74) is 6.02. The molecule has 0 saturated heterocycles. The van der Waals surface area contributed by atoms with Crippen LogP contribution < -0.4 is 0 Å². The Bertz CT molecular complexity index is 1620. The smallest absolute Gasteiger partial charge is 0.255 e. The number of benzene rings is 3. The number of hydrogen-bond acceptors (Lipinski definition) is 5. The van der Waals surface area contributed by atoms with Gasteiger partial charge in [-0.25, -0.2) is 4.98 Å². The SMILES string of the molecule is C=C(S)N(C)C(=NC)C(c1ccc(C)cc1)c1ccc2c(c1)c(-c1cccc(Cl)c1)nc1nncn12. The lowest BCUT2D eigenvalue weighted by molar-refractivity contribution is 0.645. The molecule has 8 heteroatoms. The first-order chi connectivity index (χ1) is 17.4. The summed E-state index contributed by atoms with van der Waals surface area (Å²) in [5.74, 6) is 1.21. The molecular formula is C28H25ClN6S. The second-order valence-electron chi connectivity index (χ2n) is 8.65. The molecule has 2 aromatic heterocycles. The lowest BCUT2D eigenvalue weighted by Crippen LogP contribution is -2.30. The minimum Gasteiger partial charge on any atom is -0.328 e. The van der Waals surface area contributed by atoms with E-state index < -0.39 is 0 Å². The maximum absolute atomic E-state index is 6.34. The number of amidine groups is 1. The van der Waals surface area contributed by atoms with Gasteiger partial charge in [-0.05, 0) is 42.3 Å². The minimum absolute atomic E-state index is 0.155. The molecule has 0 bridgehead atoms. The summed E-state index contributed by atoms with van der Waals surface area (Å²) in [5, 5.41) is 10.5. The molecule has 0 aliphatic heterocycles. The van der Waals surface area contributed by atoms with Crippen molar-refractivity contribution < 1.29 is 0 Å². The van der Waals surface area contributed by atoms with E-state index in [0.29, 0.717) is 15.8 Å². The monoisotopic (exact) mass is 512 g/mol. The van der Waals surface area contributed by atoms with E-state index in [1.807, 2.05) is 40.6 Å². The van der Waals surface area contributed by atoms with Gasteiger partial charge in [0.05, 0.1) is 22.2 Å².